The number of para-hydroxylation sites is 2. The molecule has 0 aliphatic carbocycles. The molecule has 1 atom stereocenters. The summed E-state index contributed by atoms with van der Waals surface area (Å²) in [5, 5.41) is 3.07. The van der Waals surface area contributed by atoms with Gasteiger partial charge in [0, 0.05) is 18.0 Å². The molecule has 0 aromatic heterocycles. The highest BCUT2D eigenvalue weighted by Gasteiger charge is 2.28. The fourth-order valence-corrected chi connectivity index (χ4v) is 4.54. The maximum atomic E-state index is 12.5. The third-order valence-electron chi connectivity index (χ3n) is 5.66. The topological polar surface area (TPSA) is 50.8 Å². The molecule has 1 saturated heterocycles. The van der Waals surface area contributed by atoms with E-state index in [0.29, 0.717) is 24.0 Å². The van der Waals surface area contributed by atoms with E-state index in [1.807, 2.05) is 36.0 Å². The van der Waals surface area contributed by atoms with E-state index in [9.17, 15) is 4.79 Å². The van der Waals surface area contributed by atoms with Gasteiger partial charge < -0.3 is 14.8 Å². The summed E-state index contributed by atoms with van der Waals surface area (Å²) < 4.78 is 11.4. The third kappa shape index (κ3) is 5.06. The van der Waals surface area contributed by atoms with E-state index in [-0.39, 0.29) is 12.5 Å². The first-order valence-electron chi connectivity index (χ1n) is 10.2. The van der Waals surface area contributed by atoms with Crippen LogP contribution in [0.1, 0.15) is 18.4 Å². The molecule has 1 N–H and O–H groups in total. The number of carbonyl (C=O) groups excluding carboxylic acids is 1. The molecular weight excluding hydrogens is 384 g/mol. The Morgan fingerprint density at radius 2 is 1.83 bits per heavy atom. The Morgan fingerprint density at radius 1 is 1.10 bits per heavy atom. The molecule has 0 bridgehead atoms. The Kier molecular flexibility index (Phi) is 6.62. The summed E-state index contributed by atoms with van der Waals surface area (Å²) in [6.07, 6.45) is 3.76. The molecule has 29 heavy (non-hydrogen) atoms. The summed E-state index contributed by atoms with van der Waals surface area (Å²) in [5.74, 6) is 1.77. The minimum atomic E-state index is -0.576. The minimum absolute atomic E-state index is 0.0872. The second-order valence-electron chi connectivity index (χ2n) is 7.64. The summed E-state index contributed by atoms with van der Waals surface area (Å²) in [6, 6.07) is 16.1. The summed E-state index contributed by atoms with van der Waals surface area (Å²) in [7, 11) is 0. The Labute approximate surface area is 176 Å². The fourth-order valence-electron chi connectivity index (χ4n) is 3.93. The zero-order chi connectivity index (χ0) is 20.1. The monoisotopic (exact) mass is 412 g/mol. The van der Waals surface area contributed by atoms with Gasteiger partial charge in [-0.15, -0.1) is 11.8 Å². The van der Waals surface area contributed by atoms with Crippen molar-refractivity contribution in [3.63, 3.8) is 0 Å². The van der Waals surface area contributed by atoms with E-state index in [1.54, 1.807) is 0 Å². The van der Waals surface area contributed by atoms with Crippen molar-refractivity contribution in [3.8, 4) is 11.5 Å². The maximum absolute atomic E-state index is 12.5. The number of likely N-dealkylation sites (tertiary alicyclic amines) is 1. The molecule has 6 heteroatoms. The first kappa shape index (κ1) is 20.1. The average molecular weight is 413 g/mol. The van der Waals surface area contributed by atoms with Crippen molar-refractivity contribution in [2.45, 2.75) is 30.4 Å². The number of thioether (sulfide) groups is 1. The predicted octanol–water partition coefficient (Wildman–Crippen LogP) is 3.58. The number of piperidine rings is 1. The molecule has 2 aliphatic heterocycles. The molecule has 0 unspecified atom stereocenters. The van der Waals surface area contributed by atoms with Gasteiger partial charge >= 0.3 is 0 Å². The van der Waals surface area contributed by atoms with Gasteiger partial charge in [0.1, 0.15) is 6.61 Å². The number of amides is 1. The summed E-state index contributed by atoms with van der Waals surface area (Å²) in [4.78, 5) is 16.4. The first-order valence-corrected chi connectivity index (χ1v) is 11.5. The van der Waals surface area contributed by atoms with Crippen LogP contribution in [0.4, 0.5) is 0 Å². The first-order chi connectivity index (χ1) is 14.2. The Bertz CT molecular complexity index is 836. The summed E-state index contributed by atoms with van der Waals surface area (Å²) in [5.41, 5.74) is 1.40. The van der Waals surface area contributed by atoms with Crippen molar-refractivity contribution in [1.29, 1.82) is 0 Å². The van der Waals surface area contributed by atoms with E-state index in [1.165, 1.54) is 10.5 Å². The molecule has 4 rings (SSSR count). The molecule has 1 amide bonds. The molecular formula is C23H28N2O3S. The van der Waals surface area contributed by atoms with Crippen LogP contribution in [0, 0.1) is 5.92 Å². The van der Waals surface area contributed by atoms with Gasteiger partial charge in [-0.1, -0.05) is 30.3 Å². The highest BCUT2D eigenvalue weighted by molar-refractivity contribution is 7.98. The van der Waals surface area contributed by atoms with Crippen LogP contribution in [-0.4, -0.2) is 49.4 Å². The Balaban J connectivity index is 1.21. The van der Waals surface area contributed by atoms with Gasteiger partial charge in [0.15, 0.2) is 11.5 Å². The van der Waals surface area contributed by atoms with Crippen molar-refractivity contribution in [3.05, 3.63) is 54.1 Å². The zero-order valence-corrected chi connectivity index (χ0v) is 17.6. The van der Waals surface area contributed by atoms with Crippen LogP contribution in [0.15, 0.2) is 53.4 Å². The number of benzene rings is 2. The van der Waals surface area contributed by atoms with Gasteiger partial charge in [-0.05, 0) is 61.9 Å². The summed E-state index contributed by atoms with van der Waals surface area (Å²) >= 11 is 1.81. The van der Waals surface area contributed by atoms with Crippen LogP contribution in [-0.2, 0) is 11.3 Å². The molecule has 2 aliphatic rings. The lowest BCUT2D eigenvalue weighted by molar-refractivity contribution is -0.130. The lowest BCUT2D eigenvalue weighted by Gasteiger charge is -2.33. The van der Waals surface area contributed by atoms with E-state index in [2.05, 4.69) is 40.7 Å². The Hall–Kier alpha value is -2.18. The molecule has 0 saturated carbocycles. The highest BCUT2D eigenvalue weighted by Crippen LogP contribution is 2.31. The molecule has 2 aromatic rings. The molecule has 0 radical (unpaired) electrons. The molecule has 154 valence electrons. The van der Waals surface area contributed by atoms with Crippen LogP contribution in [0.2, 0.25) is 0 Å². The third-order valence-corrected chi connectivity index (χ3v) is 6.50. The lowest BCUT2D eigenvalue weighted by atomic mass is 9.96. The highest BCUT2D eigenvalue weighted by atomic mass is 32.2. The second kappa shape index (κ2) is 9.55. The van der Waals surface area contributed by atoms with Crippen molar-refractivity contribution >= 4 is 17.7 Å². The maximum Gasteiger partial charge on any atom is 0.264 e. The van der Waals surface area contributed by atoms with Gasteiger partial charge in [0.25, 0.3) is 5.91 Å². The molecule has 0 spiro atoms. The van der Waals surface area contributed by atoms with Crippen LogP contribution in [0.5, 0.6) is 11.5 Å². The van der Waals surface area contributed by atoms with Gasteiger partial charge in [-0.3, -0.25) is 9.69 Å². The zero-order valence-electron chi connectivity index (χ0n) is 16.8. The number of nitrogens with one attached hydrogen (secondary N) is 1. The second-order valence-corrected chi connectivity index (χ2v) is 8.49. The standard InChI is InChI=1S/C23H28N2O3S/c1-29-22-9-5-2-6-18(22)15-25-12-10-17(11-13-25)14-24-23(26)21-16-27-19-7-3-4-8-20(19)28-21/h2-9,17,21H,10-16H2,1H3,(H,24,26)/t21-/m1/s1. The van der Waals surface area contributed by atoms with Gasteiger partial charge in [-0.2, -0.15) is 0 Å². The number of ether oxygens (including phenoxy) is 2. The normalized spacial score (nSPS) is 19.7. The van der Waals surface area contributed by atoms with E-state index < -0.39 is 6.10 Å². The van der Waals surface area contributed by atoms with E-state index >= 15 is 0 Å². The van der Waals surface area contributed by atoms with Crippen molar-refractivity contribution in [2.75, 3.05) is 32.5 Å². The number of nitrogens with zero attached hydrogens (tertiary/aromatic N) is 1. The molecule has 5 nitrogen and oxygen atoms in total. The number of fused-ring (bicyclic) bond motifs is 1. The van der Waals surface area contributed by atoms with Crippen LogP contribution >= 0.6 is 11.8 Å². The van der Waals surface area contributed by atoms with Crippen LogP contribution in [0.25, 0.3) is 0 Å². The largest absolute Gasteiger partial charge is 0.485 e. The quantitative estimate of drug-likeness (QED) is 0.735. The van der Waals surface area contributed by atoms with Crippen LogP contribution < -0.4 is 14.8 Å². The van der Waals surface area contributed by atoms with Crippen molar-refractivity contribution < 1.29 is 14.3 Å². The van der Waals surface area contributed by atoms with E-state index in [0.717, 1.165) is 32.5 Å². The number of hydrogen-bond acceptors (Lipinski definition) is 5. The van der Waals surface area contributed by atoms with Gasteiger partial charge in [0.05, 0.1) is 0 Å². The predicted molar refractivity (Wildman–Crippen MR) is 116 cm³/mol. The number of carbonyl (C=O) groups is 1. The summed E-state index contributed by atoms with van der Waals surface area (Å²) in [6.45, 7) is 4.10. The smallest absolute Gasteiger partial charge is 0.264 e. The molecule has 1 fully saturated rings. The number of hydrogen-bond donors (Lipinski definition) is 1. The molecule has 2 aromatic carbocycles. The fraction of sp³-hybridized carbons (Fsp3) is 0.435. The number of rotatable bonds is 6. The Morgan fingerprint density at radius 3 is 2.62 bits per heavy atom. The van der Waals surface area contributed by atoms with Crippen LogP contribution in [0.3, 0.4) is 0 Å². The van der Waals surface area contributed by atoms with Crippen molar-refractivity contribution in [2.24, 2.45) is 5.92 Å². The molecule has 2 heterocycles. The average Bonchev–Trinajstić information content (AvgIpc) is 2.78. The minimum Gasteiger partial charge on any atom is -0.485 e. The van der Waals surface area contributed by atoms with E-state index in [4.69, 9.17) is 9.47 Å². The van der Waals surface area contributed by atoms with Gasteiger partial charge in [-0.25, -0.2) is 0 Å². The SMILES string of the molecule is CSc1ccccc1CN1CCC(CNC(=O)[C@H]2COc3ccccc3O2)CC1. The van der Waals surface area contributed by atoms with Crippen molar-refractivity contribution in [1.82, 2.24) is 10.2 Å². The van der Waals surface area contributed by atoms with Gasteiger partial charge in [0.2, 0.25) is 6.10 Å². The lowest BCUT2D eigenvalue weighted by Crippen LogP contribution is -2.46.